The minimum atomic E-state index is -0.576. The molecular formula is C2H9KOSi. The van der Waals surface area contributed by atoms with Gasteiger partial charge in [0, 0.05) is 0 Å². The van der Waals surface area contributed by atoms with Crippen molar-refractivity contribution >= 4 is 61.1 Å². The second kappa shape index (κ2) is 9.26. The van der Waals surface area contributed by atoms with Crippen molar-refractivity contribution in [2.24, 2.45) is 0 Å². The topological polar surface area (TPSA) is 20.2 Å². The molecule has 5 heavy (non-hydrogen) atoms. The van der Waals surface area contributed by atoms with Gasteiger partial charge in [0.25, 0.3) is 0 Å². The molecule has 1 N–H and O–H groups in total. The Morgan fingerprint density at radius 3 is 2.00 bits per heavy atom. The van der Waals surface area contributed by atoms with E-state index in [1.54, 1.807) is 0 Å². The molecule has 0 bridgehead atoms. The van der Waals surface area contributed by atoms with Crippen molar-refractivity contribution in [1.82, 2.24) is 0 Å². The Balaban J connectivity index is 0. The Morgan fingerprint density at radius 2 is 2.00 bits per heavy atom. The molecule has 3 heteroatoms. The van der Waals surface area contributed by atoms with Crippen LogP contribution in [0.2, 0.25) is 6.04 Å². The van der Waals surface area contributed by atoms with Crippen LogP contribution in [0, 0.1) is 0 Å². The fourth-order valence-corrected chi connectivity index (χ4v) is 0. The van der Waals surface area contributed by atoms with Gasteiger partial charge >= 0.3 is 51.4 Å². The summed E-state index contributed by atoms with van der Waals surface area (Å²) < 4.78 is 0. The summed E-state index contributed by atoms with van der Waals surface area (Å²) in [6, 6.07) is 1.01. The van der Waals surface area contributed by atoms with Gasteiger partial charge in [-0.3, -0.25) is 0 Å². The van der Waals surface area contributed by atoms with Gasteiger partial charge < -0.3 is 4.80 Å². The van der Waals surface area contributed by atoms with E-state index < -0.39 is 9.76 Å². The summed E-state index contributed by atoms with van der Waals surface area (Å²) in [4.78, 5) is 8.01. The summed E-state index contributed by atoms with van der Waals surface area (Å²) in [5.41, 5.74) is 0. The van der Waals surface area contributed by atoms with E-state index in [9.17, 15) is 0 Å². The third kappa shape index (κ3) is 10.7. The van der Waals surface area contributed by atoms with Crippen molar-refractivity contribution in [3.8, 4) is 0 Å². The molecule has 0 aromatic rings. The van der Waals surface area contributed by atoms with Gasteiger partial charge in [-0.15, -0.1) is 0 Å². The first-order valence-electron chi connectivity index (χ1n) is 1.52. The fourth-order valence-electron chi connectivity index (χ4n) is 0. The van der Waals surface area contributed by atoms with Crippen LogP contribution in [0.1, 0.15) is 6.92 Å². The summed E-state index contributed by atoms with van der Waals surface area (Å²) >= 11 is 0. The van der Waals surface area contributed by atoms with E-state index in [-0.39, 0.29) is 51.4 Å². The fraction of sp³-hybridized carbons (Fsp3) is 1.00. The molecule has 0 aliphatic heterocycles. The summed E-state index contributed by atoms with van der Waals surface area (Å²) in [6.45, 7) is 1.99. The van der Waals surface area contributed by atoms with Crippen molar-refractivity contribution in [1.29, 1.82) is 0 Å². The van der Waals surface area contributed by atoms with Gasteiger partial charge in [0.1, 0.15) is 0 Å². The molecule has 0 atom stereocenters. The maximum atomic E-state index is 8.01. The molecule has 0 aliphatic carbocycles. The van der Waals surface area contributed by atoms with Gasteiger partial charge in [0.05, 0.1) is 0 Å². The molecule has 0 unspecified atom stereocenters. The van der Waals surface area contributed by atoms with Crippen LogP contribution in [0.25, 0.3) is 0 Å². The van der Waals surface area contributed by atoms with Gasteiger partial charge in [-0.05, 0) is 6.04 Å². The van der Waals surface area contributed by atoms with Crippen molar-refractivity contribution < 1.29 is 4.80 Å². The normalized spacial score (nSPS) is 8.40. The second-order valence-corrected chi connectivity index (χ2v) is 2.17. The van der Waals surface area contributed by atoms with E-state index in [1.165, 1.54) is 0 Å². The van der Waals surface area contributed by atoms with Crippen LogP contribution in [0.5, 0.6) is 0 Å². The zero-order valence-electron chi connectivity index (χ0n) is 2.86. The van der Waals surface area contributed by atoms with E-state index >= 15 is 0 Å². The number of hydrogen-bond donors (Lipinski definition) is 1. The van der Waals surface area contributed by atoms with Crippen molar-refractivity contribution in [3.05, 3.63) is 0 Å². The van der Waals surface area contributed by atoms with E-state index in [1.807, 2.05) is 6.92 Å². The zero-order valence-corrected chi connectivity index (χ0v) is 4.28. The van der Waals surface area contributed by atoms with E-state index in [4.69, 9.17) is 4.80 Å². The van der Waals surface area contributed by atoms with E-state index in [2.05, 4.69) is 0 Å². The molecule has 0 aromatic heterocycles. The van der Waals surface area contributed by atoms with Crippen molar-refractivity contribution in [2.45, 2.75) is 13.0 Å². The van der Waals surface area contributed by atoms with Crippen molar-refractivity contribution in [2.75, 3.05) is 0 Å². The monoisotopic (exact) mass is 116 g/mol. The standard InChI is InChI=1S/C2H8OSi.K.H/c1-2-4-3;;/h3H,2,4H2,1H3;;. The van der Waals surface area contributed by atoms with Gasteiger partial charge in [0.2, 0.25) is 0 Å². The first kappa shape index (κ1) is 9.94. The van der Waals surface area contributed by atoms with Crippen LogP contribution in [-0.4, -0.2) is 65.9 Å². The second-order valence-electron chi connectivity index (χ2n) is 0.724. The van der Waals surface area contributed by atoms with Gasteiger partial charge in [-0.1, -0.05) is 6.92 Å². The molecule has 0 fully saturated rings. The predicted molar refractivity (Wildman–Crippen MR) is 28.4 cm³/mol. The first-order valence-corrected chi connectivity index (χ1v) is 3.16. The average Bonchev–Trinajstić information content (AvgIpc) is 1.37. The molecule has 0 aromatic carbocycles. The maximum absolute atomic E-state index is 8.01. The molecule has 1 nitrogen and oxygen atoms in total. The number of rotatable bonds is 1. The summed E-state index contributed by atoms with van der Waals surface area (Å²) in [5.74, 6) is 0. The molecule has 0 amide bonds. The number of hydrogen-bond acceptors (Lipinski definition) is 1. The van der Waals surface area contributed by atoms with E-state index in [0.717, 1.165) is 6.04 Å². The molecule has 0 saturated heterocycles. The van der Waals surface area contributed by atoms with Crippen LogP contribution < -0.4 is 0 Å². The zero-order chi connectivity index (χ0) is 3.41. The van der Waals surface area contributed by atoms with Crippen LogP contribution in [0.15, 0.2) is 0 Å². The van der Waals surface area contributed by atoms with Crippen molar-refractivity contribution in [3.63, 3.8) is 0 Å². The third-order valence-electron chi connectivity index (χ3n) is 0.224. The van der Waals surface area contributed by atoms with Gasteiger partial charge in [-0.25, -0.2) is 0 Å². The average molecular weight is 116 g/mol. The van der Waals surface area contributed by atoms with Crippen LogP contribution in [0.4, 0.5) is 0 Å². The molecule has 0 radical (unpaired) electrons. The summed E-state index contributed by atoms with van der Waals surface area (Å²) in [5, 5.41) is 0. The van der Waals surface area contributed by atoms with Crippen LogP contribution in [-0.2, 0) is 0 Å². The quantitative estimate of drug-likeness (QED) is 0.429. The Hall–Kier alpha value is 1.81. The Kier molecular flexibility index (Phi) is 18.4. The predicted octanol–water partition coefficient (Wildman–Crippen LogP) is -1.15. The Labute approximate surface area is 77.5 Å². The Bertz CT molecular complexity index is 11.6. The third-order valence-corrected chi connectivity index (χ3v) is 0.671. The van der Waals surface area contributed by atoms with Crippen LogP contribution >= 0.6 is 0 Å². The summed E-state index contributed by atoms with van der Waals surface area (Å²) in [6.07, 6.45) is 0. The molecule has 0 heterocycles. The van der Waals surface area contributed by atoms with Gasteiger partial charge in [-0.2, -0.15) is 0 Å². The SMILES string of the molecule is CC[SiH2]O.[KH]. The molecule has 28 valence electrons. The minimum absolute atomic E-state index is 0. The van der Waals surface area contributed by atoms with Crippen LogP contribution in [0.3, 0.4) is 0 Å². The molecule has 0 rings (SSSR count). The Morgan fingerprint density at radius 1 is 1.80 bits per heavy atom. The molecule has 0 aliphatic rings. The van der Waals surface area contributed by atoms with E-state index in [0.29, 0.717) is 0 Å². The molecular weight excluding hydrogens is 107 g/mol. The molecule has 0 saturated carbocycles. The molecule has 0 spiro atoms. The summed E-state index contributed by atoms with van der Waals surface area (Å²) in [7, 11) is -0.576. The van der Waals surface area contributed by atoms with Gasteiger partial charge in [0.15, 0.2) is 9.76 Å². The first-order chi connectivity index (χ1) is 1.91.